The van der Waals surface area contributed by atoms with E-state index in [0.29, 0.717) is 38.3 Å². The van der Waals surface area contributed by atoms with Gasteiger partial charge < -0.3 is 14.7 Å². The molecule has 0 radical (unpaired) electrons. The fraction of sp³-hybridized carbons (Fsp3) is 0.500. The first-order chi connectivity index (χ1) is 10.7. The number of hydrogen-bond acceptors (Lipinski definition) is 5. The van der Waals surface area contributed by atoms with Crippen LogP contribution in [-0.4, -0.2) is 60.1 Å². The average Bonchev–Trinajstić information content (AvgIpc) is 2.53. The van der Waals surface area contributed by atoms with Crippen LogP contribution in [0.1, 0.15) is 12.8 Å². The lowest BCUT2D eigenvalue weighted by molar-refractivity contribution is -0.133. The van der Waals surface area contributed by atoms with Crippen molar-refractivity contribution in [3.05, 3.63) is 24.3 Å². The van der Waals surface area contributed by atoms with Gasteiger partial charge in [-0.3, -0.25) is 9.69 Å². The molecular formula is C16H21N3O3. The minimum absolute atomic E-state index is 0.0834. The summed E-state index contributed by atoms with van der Waals surface area (Å²) < 4.78 is 5.47. The topological polar surface area (TPSA) is 76.8 Å². The number of benzene rings is 1. The van der Waals surface area contributed by atoms with Gasteiger partial charge in [-0.05, 0) is 12.1 Å². The van der Waals surface area contributed by atoms with Gasteiger partial charge in [0.2, 0.25) is 5.91 Å². The van der Waals surface area contributed by atoms with Crippen molar-refractivity contribution < 1.29 is 14.6 Å². The molecule has 0 spiro atoms. The van der Waals surface area contributed by atoms with E-state index in [1.807, 2.05) is 4.90 Å². The van der Waals surface area contributed by atoms with Gasteiger partial charge in [0.05, 0.1) is 19.1 Å². The molecule has 1 fully saturated rings. The summed E-state index contributed by atoms with van der Waals surface area (Å²) in [5.74, 6) is 0.798. The molecule has 118 valence electrons. The van der Waals surface area contributed by atoms with Crippen LogP contribution >= 0.6 is 0 Å². The van der Waals surface area contributed by atoms with E-state index < -0.39 is 0 Å². The van der Waals surface area contributed by atoms with Crippen LogP contribution in [0.4, 0.5) is 0 Å². The number of rotatable bonds is 6. The fourth-order valence-corrected chi connectivity index (χ4v) is 2.42. The highest BCUT2D eigenvalue weighted by Gasteiger charge is 2.20. The SMILES string of the molecule is N#CCCN1CCN(C(=O)CCOc2cccc(O)c2)CC1. The highest BCUT2D eigenvalue weighted by molar-refractivity contribution is 5.76. The van der Waals surface area contributed by atoms with Gasteiger partial charge >= 0.3 is 0 Å². The number of piperazine rings is 1. The van der Waals surface area contributed by atoms with Crippen molar-refractivity contribution in [3.63, 3.8) is 0 Å². The number of phenols is 1. The Morgan fingerprint density at radius 3 is 2.77 bits per heavy atom. The lowest BCUT2D eigenvalue weighted by Crippen LogP contribution is -2.49. The molecule has 1 aliphatic heterocycles. The van der Waals surface area contributed by atoms with Crippen LogP contribution in [0.3, 0.4) is 0 Å². The summed E-state index contributed by atoms with van der Waals surface area (Å²) in [6.07, 6.45) is 0.861. The maximum atomic E-state index is 12.1. The van der Waals surface area contributed by atoms with Crippen LogP contribution in [-0.2, 0) is 4.79 Å². The van der Waals surface area contributed by atoms with Crippen LogP contribution in [0.15, 0.2) is 24.3 Å². The molecule has 1 amide bonds. The van der Waals surface area contributed by atoms with E-state index in [4.69, 9.17) is 10.00 Å². The average molecular weight is 303 g/mol. The van der Waals surface area contributed by atoms with E-state index in [-0.39, 0.29) is 11.7 Å². The summed E-state index contributed by atoms with van der Waals surface area (Å²) in [4.78, 5) is 16.1. The van der Waals surface area contributed by atoms with Crippen molar-refractivity contribution in [1.82, 2.24) is 9.80 Å². The fourth-order valence-electron chi connectivity index (χ4n) is 2.42. The maximum Gasteiger partial charge on any atom is 0.226 e. The summed E-state index contributed by atoms with van der Waals surface area (Å²) in [6, 6.07) is 8.69. The Bertz CT molecular complexity index is 534. The quantitative estimate of drug-likeness (QED) is 0.855. The molecule has 0 aliphatic carbocycles. The number of phenolic OH excluding ortho intramolecular Hbond substituents is 1. The third-order valence-electron chi connectivity index (χ3n) is 3.67. The molecule has 1 aliphatic rings. The summed E-state index contributed by atoms with van der Waals surface area (Å²) in [6.45, 7) is 4.13. The van der Waals surface area contributed by atoms with E-state index in [9.17, 15) is 9.90 Å². The molecule has 22 heavy (non-hydrogen) atoms. The van der Waals surface area contributed by atoms with E-state index in [1.54, 1.807) is 18.2 Å². The molecule has 0 aromatic heterocycles. The summed E-state index contributed by atoms with van der Waals surface area (Å²) in [7, 11) is 0. The summed E-state index contributed by atoms with van der Waals surface area (Å²) in [5, 5.41) is 17.9. The zero-order valence-electron chi connectivity index (χ0n) is 12.6. The molecule has 6 nitrogen and oxygen atoms in total. The molecule has 1 aromatic rings. The van der Waals surface area contributed by atoms with Crippen LogP contribution in [0.5, 0.6) is 11.5 Å². The van der Waals surface area contributed by atoms with Gasteiger partial charge in [0.25, 0.3) is 0 Å². The monoisotopic (exact) mass is 303 g/mol. The molecule has 0 bridgehead atoms. The van der Waals surface area contributed by atoms with Gasteiger partial charge in [-0.15, -0.1) is 0 Å². The standard InChI is InChI=1S/C16H21N3O3/c17-6-2-7-18-8-10-19(11-9-18)16(21)5-12-22-15-4-1-3-14(20)13-15/h1,3-4,13,20H,2,5,7-12H2. The normalized spacial score (nSPS) is 15.3. The smallest absolute Gasteiger partial charge is 0.226 e. The van der Waals surface area contributed by atoms with Crippen LogP contribution in [0.25, 0.3) is 0 Å². The number of hydrogen-bond donors (Lipinski definition) is 1. The first kappa shape index (κ1) is 16.1. The van der Waals surface area contributed by atoms with E-state index in [1.165, 1.54) is 6.07 Å². The number of nitriles is 1. The maximum absolute atomic E-state index is 12.1. The van der Waals surface area contributed by atoms with E-state index in [2.05, 4.69) is 11.0 Å². The van der Waals surface area contributed by atoms with Crippen molar-refractivity contribution >= 4 is 5.91 Å². The Hall–Kier alpha value is -2.26. The lowest BCUT2D eigenvalue weighted by atomic mass is 10.2. The van der Waals surface area contributed by atoms with Gasteiger partial charge in [-0.1, -0.05) is 6.07 Å². The second kappa shape index (κ2) is 8.25. The van der Waals surface area contributed by atoms with Gasteiger partial charge in [0.1, 0.15) is 11.5 Å². The minimum Gasteiger partial charge on any atom is -0.508 e. The van der Waals surface area contributed by atoms with Crippen molar-refractivity contribution in [3.8, 4) is 17.6 Å². The molecule has 1 aromatic carbocycles. The number of nitrogens with zero attached hydrogens (tertiary/aromatic N) is 3. The predicted octanol–water partition coefficient (Wildman–Crippen LogP) is 1.22. The number of carbonyl (C=O) groups is 1. The van der Waals surface area contributed by atoms with Gasteiger partial charge in [0.15, 0.2) is 0 Å². The molecule has 0 saturated carbocycles. The van der Waals surface area contributed by atoms with Crippen LogP contribution < -0.4 is 4.74 Å². The Balaban J connectivity index is 1.67. The molecule has 1 heterocycles. The molecular weight excluding hydrogens is 282 g/mol. The van der Waals surface area contributed by atoms with Crippen molar-refractivity contribution in [2.75, 3.05) is 39.3 Å². The molecule has 1 saturated heterocycles. The van der Waals surface area contributed by atoms with Crippen molar-refractivity contribution in [1.29, 1.82) is 5.26 Å². The molecule has 2 rings (SSSR count). The Labute approximate surface area is 130 Å². The van der Waals surface area contributed by atoms with Gasteiger partial charge in [0, 0.05) is 45.2 Å². The van der Waals surface area contributed by atoms with Crippen molar-refractivity contribution in [2.24, 2.45) is 0 Å². The van der Waals surface area contributed by atoms with E-state index >= 15 is 0 Å². The summed E-state index contributed by atoms with van der Waals surface area (Å²) >= 11 is 0. The molecule has 0 atom stereocenters. The highest BCUT2D eigenvalue weighted by atomic mass is 16.5. The molecule has 6 heteroatoms. The highest BCUT2D eigenvalue weighted by Crippen LogP contribution is 2.17. The number of amides is 1. The third kappa shape index (κ3) is 4.93. The second-order valence-electron chi connectivity index (χ2n) is 5.23. The molecule has 0 unspecified atom stereocenters. The number of ether oxygens (including phenoxy) is 1. The van der Waals surface area contributed by atoms with E-state index in [0.717, 1.165) is 19.6 Å². The predicted molar refractivity (Wildman–Crippen MR) is 81.5 cm³/mol. The number of carbonyl (C=O) groups excluding carboxylic acids is 1. The van der Waals surface area contributed by atoms with Crippen LogP contribution in [0.2, 0.25) is 0 Å². The minimum atomic E-state index is 0.0834. The Morgan fingerprint density at radius 2 is 2.09 bits per heavy atom. The first-order valence-electron chi connectivity index (χ1n) is 7.48. The zero-order valence-corrected chi connectivity index (χ0v) is 12.6. The third-order valence-corrected chi connectivity index (χ3v) is 3.67. The van der Waals surface area contributed by atoms with Crippen LogP contribution in [0, 0.1) is 11.3 Å². The molecule has 1 N–H and O–H groups in total. The largest absolute Gasteiger partial charge is 0.508 e. The lowest BCUT2D eigenvalue weighted by Gasteiger charge is -2.34. The second-order valence-corrected chi connectivity index (χ2v) is 5.23. The zero-order chi connectivity index (χ0) is 15.8. The number of aromatic hydroxyl groups is 1. The van der Waals surface area contributed by atoms with Gasteiger partial charge in [-0.25, -0.2) is 0 Å². The summed E-state index contributed by atoms with van der Waals surface area (Å²) in [5.41, 5.74) is 0. The Kier molecular flexibility index (Phi) is 6.04. The Morgan fingerprint density at radius 1 is 1.32 bits per heavy atom. The van der Waals surface area contributed by atoms with Gasteiger partial charge in [-0.2, -0.15) is 5.26 Å². The van der Waals surface area contributed by atoms with Crippen molar-refractivity contribution in [2.45, 2.75) is 12.8 Å². The first-order valence-corrected chi connectivity index (χ1v) is 7.48.